The van der Waals surface area contributed by atoms with Crippen LogP contribution in [0.5, 0.6) is 0 Å². The molecule has 0 atom stereocenters. The lowest BCUT2D eigenvalue weighted by molar-refractivity contribution is 0.322. The molecule has 0 amide bonds. The van der Waals surface area contributed by atoms with Gasteiger partial charge in [0, 0.05) is 18.3 Å². The third kappa shape index (κ3) is 3.01. The van der Waals surface area contributed by atoms with Gasteiger partial charge in [-0.05, 0) is 0 Å². The van der Waals surface area contributed by atoms with Crippen LogP contribution in [0.2, 0.25) is 5.02 Å². The monoisotopic (exact) mass is 294 g/mol. The maximum absolute atomic E-state index is 11.2. The minimum atomic E-state index is -3.08. The third-order valence-electron chi connectivity index (χ3n) is 2.29. The minimum Gasteiger partial charge on any atom is -0.368 e. The molecule has 0 aliphatic carbocycles. The van der Waals surface area contributed by atoms with Crippen molar-refractivity contribution in [1.29, 1.82) is 0 Å². The minimum absolute atomic E-state index is 0.163. The molecule has 9 heteroatoms. The standard InChI is InChI=1S/C8H11ClN4O2S2/c1-17(14,15)13-3-5(4-13)16-7-6(9)2-11-8(10)12-7/h2,5H,3-4H2,1H3,(H2,10,11,12). The number of sulfonamides is 1. The molecule has 1 aromatic heterocycles. The summed E-state index contributed by atoms with van der Waals surface area (Å²) in [5.74, 6) is 0.163. The molecule has 17 heavy (non-hydrogen) atoms. The van der Waals surface area contributed by atoms with Crippen molar-refractivity contribution in [1.82, 2.24) is 14.3 Å². The summed E-state index contributed by atoms with van der Waals surface area (Å²) in [6, 6.07) is 0. The maximum atomic E-state index is 11.2. The van der Waals surface area contributed by atoms with Gasteiger partial charge in [0.15, 0.2) is 0 Å². The molecule has 0 saturated carbocycles. The van der Waals surface area contributed by atoms with E-state index in [1.165, 1.54) is 28.5 Å². The lowest BCUT2D eigenvalue weighted by Crippen LogP contribution is -2.51. The fourth-order valence-corrected chi connectivity index (χ4v) is 3.80. The average molecular weight is 295 g/mol. The van der Waals surface area contributed by atoms with Crippen molar-refractivity contribution >= 4 is 39.3 Å². The van der Waals surface area contributed by atoms with Crippen molar-refractivity contribution in [3.63, 3.8) is 0 Å². The van der Waals surface area contributed by atoms with Crippen molar-refractivity contribution in [2.45, 2.75) is 10.3 Å². The molecule has 1 aliphatic heterocycles. The number of halogens is 1. The molecule has 1 saturated heterocycles. The zero-order valence-corrected chi connectivity index (χ0v) is 11.4. The Morgan fingerprint density at radius 1 is 1.59 bits per heavy atom. The highest BCUT2D eigenvalue weighted by Gasteiger charge is 2.34. The Morgan fingerprint density at radius 3 is 2.82 bits per heavy atom. The highest BCUT2D eigenvalue weighted by atomic mass is 35.5. The summed E-state index contributed by atoms with van der Waals surface area (Å²) in [5, 5.41) is 1.19. The molecule has 2 heterocycles. The van der Waals surface area contributed by atoms with Gasteiger partial charge in [0.05, 0.1) is 17.5 Å². The topological polar surface area (TPSA) is 89.2 Å². The van der Waals surface area contributed by atoms with Gasteiger partial charge < -0.3 is 5.73 Å². The van der Waals surface area contributed by atoms with Gasteiger partial charge in [-0.15, -0.1) is 0 Å². The highest BCUT2D eigenvalue weighted by molar-refractivity contribution is 8.00. The molecule has 0 radical (unpaired) electrons. The van der Waals surface area contributed by atoms with Gasteiger partial charge in [0.25, 0.3) is 0 Å². The Balaban J connectivity index is 1.98. The summed E-state index contributed by atoms with van der Waals surface area (Å²) in [7, 11) is -3.08. The van der Waals surface area contributed by atoms with Crippen LogP contribution in [0.25, 0.3) is 0 Å². The van der Waals surface area contributed by atoms with E-state index in [0.29, 0.717) is 23.1 Å². The molecule has 0 bridgehead atoms. The number of rotatable bonds is 3. The van der Waals surface area contributed by atoms with E-state index in [-0.39, 0.29) is 11.2 Å². The van der Waals surface area contributed by atoms with E-state index >= 15 is 0 Å². The summed E-state index contributed by atoms with van der Waals surface area (Å²) < 4.78 is 23.8. The van der Waals surface area contributed by atoms with Crippen molar-refractivity contribution < 1.29 is 8.42 Å². The Morgan fingerprint density at radius 2 is 2.24 bits per heavy atom. The van der Waals surface area contributed by atoms with E-state index in [2.05, 4.69) is 9.97 Å². The zero-order chi connectivity index (χ0) is 12.6. The first kappa shape index (κ1) is 12.9. The first-order valence-electron chi connectivity index (χ1n) is 4.76. The van der Waals surface area contributed by atoms with Crippen molar-refractivity contribution in [3.8, 4) is 0 Å². The molecule has 1 aromatic rings. The fraction of sp³-hybridized carbons (Fsp3) is 0.500. The third-order valence-corrected chi connectivity index (χ3v) is 5.08. The lowest BCUT2D eigenvalue weighted by Gasteiger charge is -2.36. The quantitative estimate of drug-likeness (QED) is 0.814. The second-order valence-corrected chi connectivity index (χ2v) is 7.38. The normalized spacial score (nSPS) is 18.0. The fourth-order valence-electron chi connectivity index (χ4n) is 1.35. The van der Waals surface area contributed by atoms with Crippen molar-refractivity contribution in [2.24, 2.45) is 0 Å². The SMILES string of the molecule is CS(=O)(=O)N1CC(Sc2nc(N)ncc2Cl)C1. The number of nitrogens with two attached hydrogens (primary N) is 1. The second-order valence-electron chi connectivity index (χ2n) is 3.70. The van der Waals surface area contributed by atoms with Gasteiger partial charge in [-0.25, -0.2) is 18.4 Å². The first-order chi connectivity index (χ1) is 7.86. The molecule has 0 spiro atoms. The van der Waals surface area contributed by atoms with Crippen LogP contribution in [0, 0.1) is 0 Å². The van der Waals surface area contributed by atoms with Gasteiger partial charge in [0.2, 0.25) is 16.0 Å². The van der Waals surface area contributed by atoms with Crippen LogP contribution in [0.15, 0.2) is 11.2 Å². The van der Waals surface area contributed by atoms with Crippen LogP contribution in [-0.4, -0.2) is 47.3 Å². The zero-order valence-electron chi connectivity index (χ0n) is 9.00. The van der Waals surface area contributed by atoms with E-state index < -0.39 is 10.0 Å². The van der Waals surface area contributed by atoms with E-state index in [0.717, 1.165) is 0 Å². The summed E-state index contributed by atoms with van der Waals surface area (Å²) >= 11 is 7.34. The van der Waals surface area contributed by atoms with E-state index in [1.807, 2.05) is 0 Å². The predicted octanol–water partition coefficient (Wildman–Crippen LogP) is 0.448. The van der Waals surface area contributed by atoms with E-state index in [9.17, 15) is 8.42 Å². The predicted molar refractivity (Wildman–Crippen MR) is 67.5 cm³/mol. The number of aromatic nitrogens is 2. The number of thioether (sulfide) groups is 1. The van der Waals surface area contributed by atoms with Crippen LogP contribution >= 0.6 is 23.4 Å². The van der Waals surface area contributed by atoms with Gasteiger partial charge in [-0.3, -0.25) is 0 Å². The summed E-state index contributed by atoms with van der Waals surface area (Å²) in [5.41, 5.74) is 5.46. The van der Waals surface area contributed by atoms with Gasteiger partial charge in [-0.2, -0.15) is 4.31 Å². The van der Waals surface area contributed by atoms with Crippen molar-refractivity contribution in [2.75, 3.05) is 25.1 Å². The van der Waals surface area contributed by atoms with Crippen LogP contribution in [-0.2, 0) is 10.0 Å². The number of anilines is 1. The molecule has 2 rings (SSSR count). The lowest BCUT2D eigenvalue weighted by atomic mass is 10.3. The average Bonchev–Trinajstić information content (AvgIpc) is 2.14. The molecule has 0 aromatic carbocycles. The first-order valence-corrected chi connectivity index (χ1v) is 7.86. The summed E-state index contributed by atoms with van der Waals surface area (Å²) in [4.78, 5) is 7.77. The van der Waals surface area contributed by atoms with Crippen LogP contribution in [0.1, 0.15) is 0 Å². The number of nitrogen functional groups attached to an aromatic ring is 1. The number of hydrogen-bond acceptors (Lipinski definition) is 6. The summed E-state index contributed by atoms with van der Waals surface area (Å²) in [6.07, 6.45) is 2.64. The molecular formula is C8H11ClN4O2S2. The van der Waals surface area contributed by atoms with E-state index in [1.54, 1.807) is 0 Å². The second kappa shape index (κ2) is 4.60. The highest BCUT2D eigenvalue weighted by Crippen LogP contribution is 2.33. The molecule has 1 aliphatic rings. The number of hydrogen-bond donors (Lipinski definition) is 1. The molecule has 1 fully saturated rings. The largest absolute Gasteiger partial charge is 0.368 e. The Kier molecular flexibility index (Phi) is 3.48. The van der Waals surface area contributed by atoms with Crippen LogP contribution in [0.3, 0.4) is 0 Å². The van der Waals surface area contributed by atoms with Crippen molar-refractivity contribution in [3.05, 3.63) is 11.2 Å². The van der Waals surface area contributed by atoms with Gasteiger partial charge in [0.1, 0.15) is 5.03 Å². The maximum Gasteiger partial charge on any atom is 0.221 e. The molecule has 94 valence electrons. The summed E-state index contributed by atoms with van der Waals surface area (Å²) in [6.45, 7) is 0.952. The molecule has 6 nitrogen and oxygen atoms in total. The Hall–Kier alpha value is -0.570. The Bertz CT molecular complexity index is 530. The van der Waals surface area contributed by atoms with Gasteiger partial charge >= 0.3 is 0 Å². The van der Waals surface area contributed by atoms with Crippen LogP contribution in [0.4, 0.5) is 5.95 Å². The molecule has 2 N–H and O–H groups in total. The molecular weight excluding hydrogens is 284 g/mol. The van der Waals surface area contributed by atoms with Crippen LogP contribution < -0.4 is 5.73 Å². The Labute approximate surface area is 109 Å². The van der Waals surface area contributed by atoms with Gasteiger partial charge in [-0.1, -0.05) is 23.4 Å². The number of nitrogens with zero attached hydrogens (tertiary/aromatic N) is 3. The molecule has 0 unspecified atom stereocenters. The smallest absolute Gasteiger partial charge is 0.221 e. The van der Waals surface area contributed by atoms with E-state index in [4.69, 9.17) is 17.3 Å².